The van der Waals surface area contributed by atoms with E-state index in [0.29, 0.717) is 0 Å². The van der Waals surface area contributed by atoms with Gasteiger partial charge in [0.15, 0.2) is 0 Å². The molecule has 0 bridgehead atoms. The van der Waals surface area contributed by atoms with Gasteiger partial charge in [-0.15, -0.1) is 0 Å². The second-order valence-electron chi connectivity index (χ2n) is 20.2. The summed E-state index contributed by atoms with van der Waals surface area (Å²) in [7, 11) is 0. The predicted molar refractivity (Wildman–Crippen MR) is 252 cm³/mol. The molecule has 0 amide bonds. The standard InChI is InChI=1S/C58H57N/c1-55(2,3)39-34-40(56(4,5)6)36-43(35-39)59(42-30-31-48-46-20-12-14-25-52(46)58(53(48)37-42)32-15-16-33-58)41-28-26-38(27-29-41)44-18-9-10-19-45(44)49-22-17-23-50-47-21-11-13-24-51(47)57(7,8)54(49)50/h9-14,17-31,34-37H,15-16,32-33H2,1-8H3. The highest BCUT2D eigenvalue weighted by Gasteiger charge is 2.45. The van der Waals surface area contributed by atoms with Gasteiger partial charge in [-0.1, -0.05) is 183 Å². The van der Waals surface area contributed by atoms with Crippen molar-refractivity contribution in [3.05, 3.63) is 185 Å². The Kier molecular flexibility index (Phi) is 8.56. The SMILES string of the molecule is CC(C)(C)c1cc(N(c2ccc(-c3ccccc3-c3cccc4c3C(C)(C)c3ccccc3-4)cc2)c2ccc3c(c2)C2(CCCC2)c2ccccc2-3)cc(C(C)(C)C)c1. The minimum atomic E-state index is -0.0954. The van der Waals surface area contributed by atoms with Crippen LogP contribution in [0.5, 0.6) is 0 Å². The highest BCUT2D eigenvalue weighted by atomic mass is 15.1. The van der Waals surface area contributed by atoms with Crippen LogP contribution in [-0.2, 0) is 21.7 Å². The zero-order chi connectivity index (χ0) is 40.9. The largest absolute Gasteiger partial charge is 0.310 e. The number of hydrogen-bond acceptors (Lipinski definition) is 1. The predicted octanol–water partition coefficient (Wildman–Crippen LogP) is 16.2. The molecule has 59 heavy (non-hydrogen) atoms. The number of benzene rings is 7. The van der Waals surface area contributed by atoms with E-state index in [1.165, 1.54) is 121 Å². The number of anilines is 3. The third-order valence-corrected chi connectivity index (χ3v) is 14.1. The smallest absolute Gasteiger partial charge is 0.0467 e. The van der Waals surface area contributed by atoms with Crippen LogP contribution in [-0.4, -0.2) is 0 Å². The summed E-state index contributed by atoms with van der Waals surface area (Å²) in [6, 6.07) is 58.2. The quantitative estimate of drug-likeness (QED) is 0.169. The van der Waals surface area contributed by atoms with Gasteiger partial charge in [-0.2, -0.15) is 0 Å². The molecule has 7 aromatic rings. The summed E-state index contributed by atoms with van der Waals surface area (Å²) in [4.78, 5) is 2.54. The van der Waals surface area contributed by atoms with Crippen molar-refractivity contribution < 1.29 is 0 Å². The fraction of sp³-hybridized carbons (Fsp3) is 0.276. The molecule has 0 heterocycles. The van der Waals surface area contributed by atoms with Gasteiger partial charge in [0, 0.05) is 27.9 Å². The Bertz CT molecular complexity index is 2730. The molecule has 0 N–H and O–H groups in total. The molecule has 294 valence electrons. The Morgan fingerprint density at radius 1 is 0.407 bits per heavy atom. The fourth-order valence-electron chi connectivity index (χ4n) is 11.0. The van der Waals surface area contributed by atoms with Gasteiger partial charge in [-0.3, -0.25) is 0 Å². The molecule has 1 fully saturated rings. The van der Waals surface area contributed by atoms with Gasteiger partial charge >= 0.3 is 0 Å². The van der Waals surface area contributed by atoms with E-state index in [4.69, 9.17) is 0 Å². The number of hydrogen-bond donors (Lipinski definition) is 0. The summed E-state index contributed by atoms with van der Waals surface area (Å²) in [6.45, 7) is 18.8. The lowest BCUT2D eigenvalue weighted by atomic mass is 9.76. The third-order valence-electron chi connectivity index (χ3n) is 14.1. The van der Waals surface area contributed by atoms with Crippen LogP contribution in [0.3, 0.4) is 0 Å². The van der Waals surface area contributed by atoms with Crippen LogP contribution >= 0.6 is 0 Å². The molecule has 0 aliphatic heterocycles. The number of nitrogens with zero attached hydrogens (tertiary/aromatic N) is 1. The van der Waals surface area contributed by atoms with Gasteiger partial charge in [-0.05, 0) is 138 Å². The second kappa shape index (κ2) is 13.4. The summed E-state index contributed by atoms with van der Waals surface area (Å²) in [6.07, 6.45) is 5.00. The van der Waals surface area contributed by atoms with Gasteiger partial charge in [0.05, 0.1) is 0 Å². The van der Waals surface area contributed by atoms with Crippen molar-refractivity contribution >= 4 is 17.1 Å². The zero-order valence-corrected chi connectivity index (χ0v) is 36.2. The fourth-order valence-corrected chi connectivity index (χ4v) is 11.0. The number of rotatable bonds is 5. The Balaban J connectivity index is 1.13. The molecule has 0 unspecified atom stereocenters. The van der Waals surface area contributed by atoms with Crippen molar-refractivity contribution in [2.45, 2.75) is 103 Å². The summed E-state index contributed by atoms with van der Waals surface area (Å²) in [5.74, 6) is 0. The Morgan fingerprint density at radius 3 is 1.53 bits per heavy atom. The molecule has 0 aromatic heterocycles. The maximum atomic E-state index is 2.56. The molecule has 0 saturated heterocycles. The van der Waals surface area contributed by atoms with Gasteiger partial charge in [0.1, 0.15) is 0 Å². The molecule has 10 rings (SSSR count). The van der Waals surface area contributed by atoms with E-state index in [0.717, 1.165) is 0 Å². The average molecular weight is 768 g/mol. The minimum absolute atomic E-state index is 0.00369. The Morgan fingerprint density at radius 2 is 0.898 bits per heavy atom. The first kappa shape index (κ1) is 37.6. The van der Waals surface area contributed by atoms with E-state index in [1.807, 2.05) is 0 Å². The highest BCUT2D eigenvalue weighted by molar-refractivity contribution is 5.93. The summed E-state index contributed by atoms with van der Waals surface area (Å²) in [5, 5.41) is 0. The molecular formula is C58H57N. The maximum absolute atomic E-state index is 2.56. The van der Waals surface area contributed by atoms with Crippen LogP contribution < -0.4 is 4.90 Å². The van der Waals surface area contributed by atoms with Gasteiger partial charge in [-0.25, -0.2) is 0 Å². The molecular weight excluding hydrogens is 711 g/mol. The topological polar surface area (TPSA) is 3.24 Å². The van der Waals surface area contributed by atoms with Crippen molar-refractivity contribution in [2.75, 3.05) is 4.90 Å². The first-order valence-electron chi connectivity index (χ1n) is 21.9. The van der Waals surface area contributed by atoms with Crippen LogP contribution in [0.1, 0.15) is 114 Å². The van der Waals surface area contributed by atoms with Crippen molar-refractivity contribution in [3.8, 4) is 44.5 Å². The lowest BCUT2D eigenvalue weighted by molar-refractivity contribution is 0.550. The molecule has 1 saturated carbocycles. The van der Waals surface area contributed by atoms with Crippen molar-refractivity contribution in [2.24, 2.45) is 0 Å². The maximum Gasteiger partial charge on any atom is 0.0467 e. The average Bonchev–Trinajstić information content (AvgIpc) is 3.90. The summed E-state index contributed by atoms with van der Waals surface area (Å²) in [5.41, 5.74) is 22.8. The molecule has 3 aliphatic carbocycles. The minimum Gasteiger partial charge on any atom is -0.310 e. The second-order valence-corrected chi connectivity index (χ2v) is 20.2. The van der Waals surface area contributed by atoms with Crippen LogP contribution in [0.2, 0.25) is 0 Å². The van der Waals surface area contributed by atoms with Gasteiger partial charge in [0.2, 0.25) is 0 Å². The zero-order valence-electron chi connectivity index (χ0n) is 36.2. The van der Waals surface area contributed by atoms with E-state index < -0.39 is 0 Å². The van der Waals surface area contributed by atoms with E-state index in [9.17, 15) is 0 Å². The van der Waals surface area contributed by atoms with Crippen LogP contribution in [0, 0.1) is 0 Å². The van der Waals surface area contributed by atoms with E-state index >= 15 is 0 Å². The van der Waals surface area contributed by atoms with Crippen molar-refractivity contribution in [3.63, 3.8) is 0 Å². The normalized spacial score (nSPS) is 15.8. The summed E-state index contributed by atoms with van der Waals surface area (Å²) < 4.78 is 0. The third kappa shape index (κ3) is 5.95. The number of fused-ring (bicyclic) bond motifs is 8. The Hall–Kier alpha value is -5.66. The van der Waals surface area contributed by atoms with E-state index in [-0.39, 0.29) is 21.7 Å². The first-order chi connectivity index (χ1) is 28.3. The highest BCUT2D eigenvalue weighted by Crippen LogP contribution is 2.58. The molecule has 0 atom stereocenters. The van der Waals surface area contributed by atoms with Crippen molar-refractivity contribution in [1.82, 2.24) is 0 Å². The van der Waals surface area contributed by atoms with E-state index in [1.54, 1.807) is 0 Å². The van der Waals surface area contributed by atoms with Crippen molar-refractivity contribution in [1.29, 1.82) is 0 Å². The molecule has 1 heteroatoms. The van der Waals surface area contributed by atoms with E-state index in [2.05, 4.69) is 212 Å². The molecule has 3 aliphatic rings. The van der Waals surface area contributed by atoms with Crippen LogP contribution in [0.4, 0.5) is 17.1 Å². The monoisotopic (exact) mass is 767 g/mol. The van der Waals surface area contributed by atoms with Gasteiger partial charge in [0.25, 0.3) is 0 Å². The molecule has 1 spiro atoms. The molecule has 1 nitrogen and oxygen atoms in total. The molecule has 7 aromatic carbocycles. The molecule has 0 radical (unpaired) electrons. The first-order valence-corrected chi connectivity index (χ1v) is 21.9. The van der Waals surface area contributed by atoms with Crippen LogP contribution in [0.25, 0.3) is 44.5 Å². The van der Waals surface area contributed by atoms with Crippen LogP contribution in [0.15, 0.2) is 152 Å². The lowest BCUT2D eigenvalue weighted by Gasteiger charge is -2.32. The lowest BCUT2D eigenvalue weighted by Crippen LogP contribution is -2.21. The Labute approximate surface area is 352 Å². The van der Waals surface area contributed by atoms with Gasteiger partial charge < -0.3 is 4.90 Å². The summed E-state index contributed by atoms with van der Waals surface area (Å²) >= 11 is 0.